The van der Waals surface area contributed by atoms with E-state index >= 15 is 0 Å². The number of carbonyl (C=O) groups excluding carboxylic acids is 1. The first-order chi connectivity index (χ1) is 12.0. The van der Waals surface area contributed by atoms with Gasteiger partial charge in [-0.1, -0.05) is 19.1 Å². The summed E-state index contributed by atoms with van der Waals surface area (Å²) in [4.78, 5) is 16.6. The first kappa shape index (κ1) is 17.0. The average molecular weight is 338 g/mol. The van der Waals surface area contributed by atoms with Gasteiger partial charge in [0.05, 0.1) is 11.6 Å². The van der Waals surface area contributed by atoms with Crippen molar-refractivity contribution in [1.29, 1.82) is 0 Å². The lowest BCUT2D eigenvalue weighted by Crippen LogP contribution is -2.34. The summed E-state index contributed by atoms with van der Waals surface area (Å²) in [7, 11) is 0. The number of ether oxygens (including phenoxy) is 1. The molecule has 1 amide bonds. The molecule has 25 heavy (non-hydrogen) atoms. The lowest BCUT2D eigenvalue weighted by atomic mass is 10.0. The minimum atomic E-state index is -0.262. The summed E-state index contributed by atoms with van der Waals surface area (Å²) >= 11 is 0. The number of amides is 1. The highest BCUT2D eigenvalue weighted by molar-refractivity contribution is 5.92. The first-order valence-corrected chi connectivity index (χ1v) is 8.25. The first-order valence-electron chi connectivity index (χ1n) is 8.25. The van der Waals surface area contributed by atoms with Crippen LogP contribution in [0.5, 0.6) is 5.75 Å². The zero-order chi connectivity index (χ0) is 17.8. The Hall–Kier alpha value is -2.86. The van der Waals surface area contributed by atoms with E-state index in [4.69, 9.17) is 10.5 Å². The van der Waals surface area contributed by atoms with E-state index in [0.717, 1.165) is 11.3 Å². The molecule has 0 bridgehead atoms. The molecule has 2 heterocycles. The molecule has 6 heteroatoms. The number of aromatic nitrogens is 2. The maximum Gasteiger partial charge on any atom is 0.228 e. The van der Waals surface area contributed by atoms with Gasteiger partial charge in [-0.15, -0.1) is 0 Å². The second-order valence-corrected chi connectivity index (χ2v) is 6.15. The van der Waals surface area contributed by atoms with Crippen LogP contribution in [0, 0.1) is 5.92 Å². The summed E-state index contributed by atoms with van der Waals surface area (Å²) in [6.07, 6.45) is 3.88. The predicted molar refractivity (Wildman–Crippen MR) is 97.4 cm³/mol. The minimum Gasteiger partial charge on any atom is -0.487 e. The molecule has 3 rings (SSSR count). The Balaban J connectivity index is 1.64. The summed E-state index contributed by atoms with van der Waals surface area (Å²) in [5.74, 6) is 0.304. The van der Waals surface area contributed by atoms with Crippen molar-refractivity contribution < 1.29 is 9.53 Å². The molecular weight excluding hydrogens is 316 g/mol. The largest absolute Gasteiger partial charge is 0.487 e. The Morgan fingerprint density at radius 3 is 2.88 bits per heavy atom. The SMILES string of the molecule is CC(N)C(C)C(=O)Nc1cccc(OCc2cn3ccccc3n2)c1. The highest BCUT2D eigenvalue weighted by Gasteiger charge is 2.17. The van der Waals surface area contributed by atoms with Gasteiger partial charge in [-0.3, -0.25) is 4.79 Å². The predicted octanol–water partition coefficient (Wildman–Crippen LogP) is 2.84. The van der Waals surface area contributed by atoms with Crippen LogP contribution in [-0.4, -0.2) is 21.3 Å². The highest BCUT2D eigenvalue weighted by Crippen LogP contribution is 2.19. The Morgan fingerprint density at radius 1 is 1.28 bits per heavy atom. The zero-order valence-corrected chi connectivity index (χ0v) is 14.3. The number of nitrogens with one attached hydrogen (secondary N) is 1. The van der Waals surface area contributed by atoms with Crippen LogP contribution in [0.25, 0.3) is 5.65 Å². The lowest BCUT2D eigenvalue weighted by molar-refractivity contribution is -0.119. The fraction of sp³-hybridized carbons (Fsp3) is 0.263. The van der Waals surface area contributed by atoms with Crippen LogP contribution in [0.4, 0.5) is 5.69 Å². The Kier molecular flexibility index (Phi) is 5.00. The molecule has 0 saturated heterocycles. The molecule has 2 atom stereocenters. The number of anilines is 1. The Labute approximate surface area is 146 Å². The molecule has 0 aliphatic rings. The third-order valence-corrected chi connectivity index (χ3v) is 4.10. The average Bonchev–Trinajstić information content (AvgIpc) is 3.02. The van der Waals surface area contributed by atoms with Gasteiger partial charge in [0.2, 0.25) is 5.91 Å². The van der Waals surface area contributed by atoms with Gasteiger partial charge in [0.15, 0.2) is 0 Å². The summed E-state index contributed by atoms with van der Waals surface area (Å²) in [5.41, 5.74) is 8.18. The van der Waals surface area contributed by atoms with Crippen molar-refractivity contribution in [2.75, 3.05) is 5.32 Å². The van der Waals surface area contributed by atoms with E-state index in [0.29, 0.717) is 18.0 Å². The number of carbonyl (C=O) groups is 1. The van der Waals surface area contributed by atoms with Crippen LogP contribution in [0.1, 0.15) is 19.5 Å². The number of hydrogen-bond acceptors (Lipinski definition) is 4. The Morgan fingerprint density at radius 2 is 2.12 bits per heavy atom. The second kappa shape index (κ2) is 7.36. The van der Waals surface area contributed by atoms with Gasteiger partial charge in [0.1, 0.15) is 18.0 Å². The third-order valence-electron chi connectivity index (χ3n) is 4.10. The van der Waals surface area contributed by atoms with Gasteiger partial charge < -0.3 is 20.2 Å². The molecule has 0 radical (unpaired) electrons. The van der Waals surface area contributed by atoms with Crippen molar-refractivity contribution in [3.05, 3.63) is 60.6 Å². The Bertz CT molecular complexity index is 839. The van der Waals surface area contributed by atoms with Gasteiger partial charge in [-0.05, 0) is 31.2 Å². The van der Waals surface area contributed by atoms with Gasteiger partial charge >= 0.3 is 0 Å². The van der Waals surface area contributed by atoms with Crippen LogP contribution in [-0.2, 0) is 11.4 Å². The molecule has 0 aliphatic heterocycles. The van der Waals surface area contributed by atoms with Gasteiger partial charge in [0.25, 0.3) is 0 Å². The highest BCUT2D eigenvalue weighted by atomic mass is 16.5. The molecule has 0 fully saturated rings. The standard InChI is InChI=1S/C19H22N4O2/c1-13(14(2)20)19(24)22-15-6-5-7-17(10-15)25-12-16-11-23-9-4-3-8-18(23)21-16/h3-11,13-14H,12,20H2,1-2H3,(H,22,24). The minimum absolute atomic E-state index is 0.104. The van der Waals surface area contributed by atoms with Crippen molar-refractivity contribution in [2.24, 2.45) is 11.7 Å². The number of nitrogens with zero attached hydrogens (tertiary/aromatic N) is 2. The normalized spacial score (nSPS) is 13.4. The molecule has 130 valence electrons. The van der Waals surface area contributed by atoms with E-state index in [9.17, 15) is 4.79 Å². The van der Waals surface area contributed by atoms with Crippen LogP contribution < -0.4 is 15.8 Å². The number of nitrogens with two attached hydrogens (primary N) is 1. The number of fused-ring (bicyclic) bond motifs is 1. The van der Waals surface area contributed by atoms with Gasteiger partial charge in [-0.2, -0.15) is 0 Å². The fourth-order valence-corrected chi connectivity index (χ4v) is 2.37. The molecule has 0 spiro atoms. The number of benzene rings is 1. The molecule has 3 N–H and O–H groups in total. The smallest absolute Gasteiger partial charge is 0.228 e. The van der Waals surface area contributed by atoms with Crippen molar-refractivity contribution in [1.82, 2.24) is 9.38 Å². The summed E-state index contributed by atoms with van der Waals surface area (Å²) in [6, 6.07) is 12.9. The maximum absolute atomic E-state index is 12.1. The molecule has 2 aromatic heterocycles. The number of pyridine rings is 1. The van der Waals surface area contributed by atoms with Crippen LogP contribution in [0.15, 0.2) is 54.9 Å². The number of rotatable bonds is 6. The molecule has 3 aromatic rings. The van der Waals surface area contributed by atoms with Gasteiger partial charge in [-0.25, -0.2) is 4.98 Å². The van der Waals surface area contributed by atoms with Crippen LogP contribution in [0.2, 0.25) is 0 Å². The summed E-state index contributed by atoms with van der Waals surface area (Å²) in [5, 5.41) is 2.86. The van der Waals surface area contributed by atoms with Crippen molar-refractivity contribution in [2.45, 2.75) is 26.5 Å². The van der Waals surface area contributed by atoms with Crippen LogP contribution >= 0.6 is 0 Å². The molecular formula is C19H22N4O2. The van der Waals surface area contributed by atoms with E-state index < -0.39 is 0 Å². The van der Waals surface area contributed by atoms with Crippen LogP contribution in [0.3, 0.4) is 0 Å². The molecule has 0 aliphatic carbocycles. The quantitative estimate of drug-likeness (QED) is 0.724. The van der Waals surface area contributed by atoms with E-state index in [-0.39, 0.29) is 17.9 Å². The summed E-state index contributed by atoms with van der Waals surface area (Å²) < 4.78 is 7.75. The number of hydrogen-bond donors (Lipinski definition) is 2. The summed E-state index contributed by atoms with van der Waals surface area (Å²) in [6.45, 7) is 3.98. The number of imidazole rings is 1. The zero-order valence-electron chi connectivity index (χ0n) is 14.3. The third kappa shape index (κ3) is 4.16. The van der Waals surface area contributed by atoms with Crippen molar-refractivity contribution >= 4 is 17.2 Å². The maximum atomic E-state index is 12.1. The van der Waals surface area contributed by atoms with E-state index in [1.807, 2.05) is 67.0 Å². The van der Waals surface area contributed by atoms with E-state index in [1.165, 1.54) is 0 Å². The lowest BCUT2D eigenvalue weighted by Gasteiger charge is -2.15. The molecule has 1 aromatic carbocycles. The monoisotopic (exact) mass is 338 g/mol. The van der Waals surface area contributed by atoms with Gasteiger partial charge in [0, 0.05) is 30.2 Å². The molecule has 2 unspecified atom stereocenters. The second-order valence-electron chi connectivity index (χ2n) is 6.15. The molecule has 6 nitrogen and oxygen atoms in total. The molecule has 0 saturated carbocycles. The van der Waals surface area contributed by atoms with Crippen molar-refractivity contribution in [3.8, 4) is 5.75 Å². The van der Waals surface area contributed by atoms with E-state index in [2.05, 4.69) is 10.3 Å². The van der Waals surface area contributed by atoms with Crippen molar-refractivity contribution in [3.63, 3.8) is 0 Å². The topological polar surface area (TPSA) is 81.7 Å². The fourth-order valence-electron chi connectivity index (χ4n) is 2.37. The van der Waals surface area contributed by atoms with E-state index in [1.54, 1.807) is 6.07 Å².